The molecule has 2 N–H and O–H groups in total. The number of nitrogens with zero attached hydrogens (tertiary/aromatic N) is 1. The highest BCUT2D eigenvalue weighted by Gasteiger charge is 2.05. The van der Waals surface area contributed by atoms with E-state index in [1.807, 2.05) is 6.07 Å². The SMILES string of the molecule is CN=C(NCc1cccc(OCC(F)F)c1)NCc1sccc1C.I. The van der Waals surface area contributed by atoms with E-state index in [0.29, 0.717) is 24.8 Å². The molecule has 0 fully saturated rings. The van der Waals surface area contributed by atoms with Gasteiger partial charge in [-0.05, 0) is 41.6 Å². The second kappa shape index (κ2) is 11.2. The van der Waals surface area contributed by atoms with E-state index in [1.165, 1.54) is 10.4 Å². The van der Waals surface area contributed by atoms with Crippen molar-refractivity contribution in [3.05, 3.63) is 51.7 Å². The summed E-state index contributed by atoms with van der Waals surface area (Å²) in [4.78, 5) is 5.45. The van der Waals surface area contributed by atoms with Gasteiger partial charge in [-0.3, -0.25) is 4.99 Å². The monoisotopic (exact) mass is 481 g/mol. The van der Waals surface area contributed by atoms with Crippen LogP contribution in [0.15, 0.2) is 40.7 Å². The lowest BCUT2D eigenvalue weighted by Crippen LogP contribution is -2.36. The quantitative estimate of drug-likeness (QED) is 0.355. The number of aliphatic imine (C=N–C) groups is 1. The van der Waals surface area contributed by atoms with Gasteiger partial charge in [0.25, 0.3) is 6.43 Å². The van der Waals surface area contributed by atoms with Gasteiger partial charge < -0.3 is 15.4 Å². The number of nitrogens with one attached hydrogen (secondary N) is 2. The summed E-state index contributed by atoms with van der Waals surface area (Å²) in [5, 5.41) is 8.52. The molecule has 4 nitrogen and oxygen atoms in total. The van der Waals surface area contributed by atoms with Crippen molar-refractivity contribution in [2.24, 2.45) is 4.99 Å². The largest absolute Gasteiger partial charge is 0.488 e. The molecule has 138 valence electrons. The first kappa shape index (κ1) is 21.6. The maximum absolute atomic E-state index is 12.2. The molecular weight excluding hydrogens is 459 g/mol. The fourth-order valence-electron chi connectivity index (χ4n) is 2.06. The minimum absolute atomic E-state index is 0. The van der Waals surface area contributed by atoms with Gasteiger partial charge in [-0.15, -0.1) is 35.3 Å². The Bertz CT molecular complexity index is 679. The Morgan fingerprint density at radius 2 is 2.00 bits per heavy atom. The molecule has 2 aromatic rings. The summed E-state index contributed by atoms with van der Waals surface area (Å²) < 4.78 is 29.4. The number of guanidine groups is 1. The highest BCUT2D eigenvalue weighted by molar-refractivity contribution is 14.0. The third-order valence-corrected chi connectivity index (χ3v) is 4.37. The second-order valence-corrected chi connectivity index (χ2v) is 6.16. The first-order valence-corrected chi connectivity index (χ1v) is 8.44. The van der Waals surface area contributed by atoms with Crippen molar-refractivity contribution in [3.8, 4) is 5.75 Å². The summed E-state index contributed by atoms with van der Waals surface area (Å²) in [5.74, 6) is 1.12. The average molecular weight is 481 g/mol. The van der Waals surface area contributed by atoms with Crippen LogP contribution in [0.2, 0.25) is 0 Å². The molecule has 0 bridgehead atoms. The molecule has 0 atom stereocenters. The second-order valence-electron chi connectivity index (χ2n) is 5.16. The lowest BCUT2D eigenvalue weighted by atomic mass is 10.2. The molecule has 2 rings (SSSR count). The van der Waals surface area contributed by atoms with Gasteiger partial charge in [0.05, 0.1) is 6.54 Å². The molecule has 8 heteroatoms. The first-order chi connectivity index (χ1) is 11.6. The normalized spacial score (nSPS) is 11.2. The highest BCUT2D eigenvalue weighted by atomic mass is 127. The smallest absolute Gasteiger partial charge is 0.272 e. The number of rotatable bonds is 7. The number of benzene rings is 1. The Kier molecular flexibility index (Phi) is 9.73. The lowest BCUT2D eigenvalue weighted by Gasteiger charge is -2.12. The van der Waals surface area contributed by atoms with Crippen molar-refractivity contribution in [3.63, 3.8) is 0 Å². The van der Waals surface area contributed by atoms with Crippen LogP contribution in [-0.2, 0) is 13.1 Å². The molecule has 0 saturated carbocycles. The van der Waals surface area contributed by atoms with E-state index in [4.69, 9.17) is 4.74 Å². The Balaban J connectivity index is 0.00000312. The van der Waals surface area contributed by atoms with Gasteiger partial charge in [0.15, 0.2) is 5.96 Å². The van der Waals surface area contributed by atoms with Crippen LogP contribution in [0.25, 0.3) is 0 Å². The zero-order valence-corrected chi connectivity index (χ0v) is 17.2. The van der Waals surface area contributed by atoms with Gasteiger partial charge in [-0.1, -0.05) is 12.1 Å². The first-order valence-electron chi connectivity index (χ1n) is 7.56. The number of thiophene rings is 1. The van der Waals surface area contributed by atoms with E-state index in [-0.39, 0.29) is 24.0 Å². The van der Waals surface area contributed by atoms with Crippen molar-refractivity contribution in [2.45, 2.75) is 26.4 Å². The van der Waals surface area contributed by atoms with Gasteiger partial charge in [0.1, 0.15) is 12.4 Å². The molecule has 0 aliphatic carbocycles. The molecule has 0 unspecified atom stereocenters. The molecule has 0 aliphatic heterocycles. The van der Waals surface area contributed by atoms with E-state index >= 15 is 0 Å². The summed E-state index contributed by atoms with van der Waals surface area (Å²) in [6.07, 6.45) is -2.48. The number of hydrogen-bond donors (Lipinski definition) is 2. The molecule has 0 amide bonds. The van der Waals surface area contributed by atoms with Crippen LogP contribution in [-0.4, -0.2) is 26.0 Å². The van der Waals surface area contributed by atoms with E-state index in [0.717, 1.165) is 5.56 Å². The number of hydrogen-bond acceptors (Lipinski definition) is 3. The Morgan fingerprint density at radius 3 is 2.64 bits per heavy atom. The van der Waals surface area contributed by atoms with Crippen LogP contribution in [0.1, 0.15) is 16.0 Å². The third-order valence-electron chi connectivity index (χ3n) is 3.34. The van der Waals surface area contributed by atoms with Crippen molar-refractivity contribution in [1.29, 1.82) is 0 Å². The summed E-state index contributed by atoms with van der Waals surface area (Å²) in [5.41, 5.74) is 2.18. The molecule has 1 aromatic heterocycles. The van der Waals surface area contributed by atoms with E-state index in [2.05, 4.69) is 34.0 Å². The minimum atomic E-state index is -2.48. The summed E-state index contributed by atoms with van der Waals surface area (Å²) in [7, 11) is 1.71. The van der Waals surface area contributed by atoms with E-state index in [9.17, 15) is 8.78 Å². The van der Waals surface area contributed by atoms with E-state index in [1.54, 1.807) is 36.6 Å². The van der Waals surface area contributed by atoms with Gasteiger partial charge in [-0.25, -0.2) is 8.78 Å². The number of halogens is 3. The Morgan fingerprint density at radius 1 is 1.24 bits per heavy atom. The van der Waals surface area contributed by atoms with Crippen molar-refractivity contribution < 1.29 is 13.5 Å². The lowest BCUT2D eigenvalue weighted by molar-refractivity contribution is 0.0818. The number of aryl methyl sites for hydroxylation is 1. The maximum atomic E-state index is 12.2. The van der Waals surface area contributed by atoms with Crippen molar-refractivity contribution in [2.75, 3.05) is 13.7 Å². The Labute approximate surface area is 167 Å². The predicted molar refractivity (Wildman–Crippen MR) is 109 cm³/mol. The molecule has 0 saturated heterocycles. The van der Waals surface area contributed by atoms with Crippen LogP contribution in [0, 0.1) is 6.92 Å². The fraction of sp³-hybridized carbons (Fsp3) is 0.353. The minimum Gasteiger partial charge on any atom is -0.488 e. The molecular formula is C17H22F2IN3OS. The predicted octanol–water partition coefficient (Wildman–Crippen LogP) is 4.18. The average Bonchev–Trinajstić information content (AvgIpc) is 2.98. The van der Waals surface area contributed by atoms with Crippen LogP contribution in [0.3, 0.4) is 0 Å². The highest BCUT2D eigenvalue weighted by Crippen LogP contribution is 2.15. The van der Waals surface area contributed by atoms with Crippen LogP contribution < -0.4 is 15.4 Å². The van der Waals surface area contributed by atoms with Crippen molar-refractivity contribution >= 4 is 41.3 Å². The summed E-state index contributed by atoms with van der Waals surface area (Å²) >= 11 is 1.70. The third kappa shape index (κ3) is 7.55. The van der Waals surface area contributed by atoms with E-state index < -0.39 is 13.0 Å². The molecule has 25 heavy (non-hydrogen) atoms. The summed E-state index contributed by atoms with van der Waals surface area (Å²) in [6.45, 7) is 2.71. The van der Waals surface area contributed by atoms with Gasteiger partial charge >= 0.3 is 0 Å². The van der Waals surface area contributed by atoms with Gasteiger partial charge in [0, 0.05) is 18.5 Å². The standard InChI is InChI=1S/C17H21F2N3OS.HI/c1-12-6-7-24-15(12)10-22-17(20-2)21-9-13-4-3-5-14(8-13)23-11-16(18)19;/h3-8,16H,9-11H2,1-2H3,(H2,20,21,22);1H. The topological polar surface area (TPSA) is 45.7 Å². The zero-order valence-electron chi connectivity index (χ0n) is 14.1. The molecule has 1 aromatic carbocycles. The molecule has 1 heterocycles. The molecule has 0 radical (unpaired) electrons. The van der Waals surface area contributed by atoms with Crippen molar-refractivity contribution in [1.82, 2.24) is 10.6 Å². The zero-order chi connectivity index (χ0) is 17.4. The Hall–Kier alpha value is -1.42. The van der Waals surface area contributed by atoms with Gasteiger partial charge in [0.2, 0.25) is 0 Å². The summed E-state index contributed by atoms with van der Waals surface area (Å²) in [6, 6.07) is 9.18. The molecule has 0 aliphatic rings. The van der Waals surface area contributed by atoms with Crippen LogP contribution in [0.5, 0.6) is 5.75 Å². The number of ether oxygens (including phenoxy) is 1. The molecule has 0 spiro atoms. The maximum Gasteiger partial charge on any atom is 0.272 e. The number of alkyl halides is 2. The van der Waals surface area contributed by atoms with Crippen LogP contribution >= 0.6 is 35.3 Å². The fourth-order valence-corrected chi connectivity index (χ4v) is 2.91. The van der Waals surface area contributed by atoms with Crippen LogP contribution in [0.4, 0.5) is 8.78 Å². The van der Waals surface area contributed by atoms with Gasteiger partial charge in [-0.2, -0.15) is 0 Å².